The molecule has 2 N–H and O–H groups in total. The lowest BCUT2D eigenvalue weighted by atomic mass is 10.0. The van der Waals surface area contributed by atoms with E-state index in [1.165, 1.54) is 11.3 Å². The Morgan fingerprint density at radius 3 is 2.46 bits per heavy atom. The van der Waals surface area contributed by atoms with Gasteiger partial charge < -0.3 is 10.6 Å². The van der Waals surface area contributed by atoms with Gasteiger partial charge in [-0.05, 0) is 47.2 Å². The highest BCUT2D eigenvalue weighted by atomic mass is 32.1. The third-order valence-electron chi connectivity index (χ3n) is 4.01. The predicted octanol–water partition coefficient (Wildman–Crippen LogP) is 5.38. The molecular formula is C21H20N2O2S. The van der Waals surface area contributed by atoms with Crippen LogP contribution in [0.3, 0.4) is 0 Å². The second-order valence-electron chi connectivity index (χ2n) is 6.25. The van der Waals surface area contributed by atoms with Crippen molar-refractivity contribution in [1.29, 1.82) is 0 Å². The minimum absolute atomic E-state index is 0.228. The summed E-state index contributed by atoms with van der Waals surface area (Å²) in [6.07, 6.45) is 0. The quantitative estimate of drug-likeness (QED) is 0.639. The Hall–Kier alpha value is -2.92. The number of amides is 2. The lowest BCUT2D eigenvalue weighted by Gasteiger charge is -2.12. The molecule has 3 rings (SSSR count). The Kier molecular flexibility index (Phi) is 5.49. The van der Waals surface area contributed by atoms with Crippen LogP contribution in [-0.2, 0) is 0 Å². The highest BCUT2D eigenvalue weighted by Crippen LogP contribution is 2.21. The van der Waals surface area contributed by atoms with E-state index in [0.717, 1.165) is 11.3 Å². The second kappa shape index (κ2) is 7.97. The van der Waals surface area contributed by atoms with Gasteiger partial charge in [0.15, 0.2) is 0 Å². The van der Waals surface area contributed by atoms with Gasteiger partial charge in [-0.1, -0.05) is 38.1 Å². The van der Waals surface area contributed by atoms with E-state index in [1.807, 2.05) is 29.6 Å². The van der Waals surface area contributed by atoms with Crippen LogP contribution in [0.4, 0.5) is 11.4 Å². The molecule has 0 radical (unpaired) electrons. The minimum atomic E-state index is -0.257. The Morgan fingerprint density at radius 1 is 0.923 bits per heavy atom. The molecular weight excluding hydrogens is 344 g/mol. The van der Waals surface area contributed by atoms with Crippen molar-refractivity contribution in [2.24, 2.45) is 0 Å². The van der Waals surface area contributed by atoms with Crippen LogP contribution in [-0.4, -0.2) is 11.8 Å². The molecule has 0 bridgehead atoms. The molecule has 1 aromatic heterocycles. The number of carbonyl (C=O) groups excluding carboxylic acids is 2. The molecule has 3 aromatic rings. The molecule has 2 aromatic carbocycles. The fourth-order valence-electron chi connectivity index (χ4n) is 2.55. The van der Waals surface area contributed by atoms with Gasteiger partial charge in [-0.15, -0.1) is 0 Å². The monoisotopic (exact) mass is 364 g/mol. The molecule has 1 heterocycles. The molecule has 0 aliphatic carbocycles. The lowest BCUT2D eigenvalue weighted by molar-refractivity contribution is 0.102. The number of nitrogens with one attached hydrogen (secondary N) is 2. The number of para-hydroxylation sites is 1. The summed E-state index contributed by atoms with van der Waals surface area (Å²) in [6, 6.07) is 16.5. The molecule has 0 unspecified atom stereocenters. The van der Waals surface area contributed by atoms with E-state index < -0.39 is 0 Å². The number of hydrogen-bond acceptors (Lipinski definition) is 3. The zero-order valence-corrected chi connectivity index (χ0v) is 15.5. The highest BCUT2D eigenvalue weighted by molar-refractivity contribution is 7.08. The number of thiophene rings is 1. The first-order chi connectivity index (χ1) is 12.5. The largest absolute Gasteiger partial charge is 0.322 e. The van der Waals surface area contributed by atoms with Crippen LogP contribution in [0.1, 0.15) is 46.0 Å². The van der Waals surface area contributed by atoms with Gasteiger partial charge in [0.25, 0.3) is 11.8 Å². The van der Waals surface area contributed by atoms with E-state index in [0.29, 0.717) is 22.7 Å². The first kappa shape index (κ1) is 17.9. The maximum atomic E-state index is 12.7. The number of anilines is 2. The van der Waals surface area contributed by atoms with Crippen molar-refractivity contribution in [2.75, 3.05) is 10.6 Å². The molecule has 0 saturated carbocycles. The van der Waals surface area contributed by atoms with E-state index in [9.17, 15) is 9.59 Å². The van der Waals surface area contributed by atoms with Gasteiger partial charge in [-0.2, -0.15) is 11.3 Å². The first-order valence-electron chi connectivity index (χ1n) is 8.38. The molecule has 0 fully saturated rings. The van der Waals surface area contributed by atoms with Crippen LogP contribution >= 0.6 is 11.3 Å². The van der Waals surface area contributed by atoms with Gasteiger partial charge in [0.1, 0.15) is 0 Å². The molecule has 0 aliphatic heterocycles. The summed E-state index contributed by atoms with van der Waals surface area (Å²) in [6.45, 7) is 4.21. The molecule has 0 saturated heterocycles. The van der Waals surface area contributed by atoms with Crippen molar-refractivity contribution in [3.8, 4) is 0 Å². The third kappa shape index (κ3) is 4.18. The van der Waals surface area contributed by atoms with E-state index in [4.69, 9.17) is 0 Å². The van der Waals surface area contributed by atoms with Crippen molar-refractivity contribution in [3.63, 3.8) is 0 Å². The molecule has 0 atom stereocenters. The Balaban J connectivity index is 1.80. The van der Waals surface area contributed by atoms with Gasteiger partial charge in [0.2, 0.25) is 0 Å². The second-order valence-corrected chi connectivity index (χ2v) is 7.03. The zero-order valence-electron chi connectivity index (χ0n) is 14.7. The minimum Gasteiger partial charge on any atom is -0.322 e. The van der Waals surface area contributed by atoms with Gasteiger partial charge in [0, 0.05) is 11.1 Å². The summed E-state index contributed by atoms with van der Waals surface area (Å²) in [7, 11) is 0. The summed E-state index contributed by atoms with van der Waals surface area (Å²) >= 11 is 1.45. The Labute approximate surface area is 156 Å². The molecule has 2 amide bonds. The van der Waals surface area contributed by atoms with Gasteiger partial charge in [-0.25, -0.2) is 0 Å². The highest BCUT2D eigenvalue weighted by Gasteiger charge is 2.15. The maximum Gasteiger partial charge on any atom is 0.257 e. The van der Waals surface area contributed by atoms with Crippen molar-refractivity contribution < 1.29 is 9.59 Å². The van der Waals surface area contributed by atoms with Gasteiger partial charge >= 0.3 is 0 Å². The SMILES string of the molecule is CC(C)c1cccc(NC(=O)c2ccccc2NC(=O)c2ccsc2)c1. The normalized spacial score (nSPS) is 10.6. The van der Waals surface area contributed by atoms with Crippen molar-refractivity contribution >= 4 is 34.5 Å². The van der Waals surface area contributed by atoms with Gasteiger partial charge in [0.05, 0.1) is 16.8 Å². The van der Waals surface area contributed by atoms with Crippen LogP contribution in [0.25, 0.3) is 0 Å². The van der Waals surface area contributed by atoms with E-state index >= 15 is 0 Å². The molecule has 0 aliphatic rings. The van der Waals surface area contributed by atoms with Crippen molar-refractivity contribution in [2.45, 2.75) is 19.8 Å². The molecule has 4 nitrogen and oxygen atoms in total. The van der Waals surface area contributed by atoms with E-state index in [1.54, 1.807) is 35.7 Å². The summed E-state index contributed by atoms with van der Waals surface area (Å²) in [5, 5.41) is 9.35. The Bertz CT molecular complexity index is 917. The van der Waals surface area contributed by atoms with Crippen molar-refractivity contribution in [3.05, 3.63) is 82.0 Å². The zero-order chi connectivity index (χ0) is 18.5. The van der Waals surface area contributed by atoms with Gasteiger partial charge in [-0.3, -0.25) is 9.59 Å². The summed E-state index contributed by atoms with van der Waals surface area (Å²) in [4.78, 5) is 25.0. The van der Waals surface area contributed by atoms with Crippen LogP contribution in [0.2, 0.25) is 0 Å². The lowest BCUT2D eigenvalue weighted by Crippen LogP contribution is -2.18. The summed E-state index contributed by atoms with van der Waals surface area (Å²) in [5.41, 5.74) is 3.38. The van der Waals surface area contributed by atoms with E-state index in [2.05, 4.69) is 24.5 Å². The molecule has 26 heavy (non-hydrogen) atoms. The molecule has 5 heteroatoms. The maximum absolute atomic E-state index is 12.7. The standard InChI is InChI=1S/C21H20N2O2S/c1-14(2)15-6-5-7-17(12-15)22-21(25)18-8-3-4-9-19(18)23-20(24)16-10-11-26-13-16/h3-14H,1-2H3,(H,22,25)(H,23,24). The number of hydrogen-bond donors (Lipinski definition) is 2. The Morgan fingerprint density at radius 2 is 1.73 bits per heavy atom. The number of carbonyl (C=O) groups is 2. The average Bonchev–Trinajstić information content (AvgIpc) is 3.17. The predicted molar refractivity (Wildman–Crippen MR) is 107 cm³/mol. The third-order valence-corrected chi connectivity index (χ3v) is 4.70. The summed E-state index contributed by atoms with van der Waals surface area (Å²) in [5.74, 6) is -0.107. The smallest absolute Gasteiger partial charge is 0.257 e. The summed E-state index contributed by atoms with van der Waals surface area (Å²) < 4.78 is 0. The number of rotatable bonds is 5. The molecule has 0 spiro atoms. The van der Waals surface area contributed by atoms with Crippen LogP contribution in [0, 0.1) is 0 Å². The van der Waals surface area contributed by atoms with Crippen LogP contribution in [0.5, 0.6) is 0 Å². The topological polar surface area (TPSA) is 58.2 Å². The first-order valence-corrected chi connectivity index (χ1v) is 9.33. The molecule has 132 valence electrons. The van der Waals surface area contributed by atoms with E-state index in [-0.39, 0.29) is 11.8 Å². The van der Waals surface area contributed by atoms with Crippen molar-refractivity contribution in [1.82, 2.24) is 0 Å². The average molecular weight is 364 g/mol. The fraction of sp³-hybridized carbons (Fsp3) is 0.143. The number of benzene rings is 2. The van der Waals surface area contributed by atoms with Crippen LogP contribution in [0.15, 0.2) is 65.4 Å². The fourth-order valence-corrected chi connectivity index (χ4v) is 3.19. The van der Waals surface area contributed by atoms with Crippen LogP contribution < -0.4 is 10.6 Å².